The molecule has 1 N–H and O–H groups in total. The van der Waals surface area contributed by atoms with Gasteiger partial charge in [-0.25, -0.2) is 0 Å². The number of amides is 1. The summed E-state index contributed by atoms with van der Waals surface area (Å²) in [5.74, 6) is 0.629. The van der Waals surface area contributed by atoms with Gasteiger partial charge >= 0.3 is 0 Å². The van der Waals surface area contributed by atoms with E-state index < -0.39 is 0 Å². The van der Waals surface area contributed by atoms with E-state index in [-0.39, 0.29) is 7.33 Å². The van der Waals surface area contributed by atoms with E-state index in [0.29, 0.717) is 12.3 Å². The molecule has 70 valence electrons. The lowest BCUT2D eigenvalue weighted by atomic mass is 10.1. The third kappa shape index (κ3) is 12.6. The summed E-state index contributed by atoms with van der Waals surface area (Å²) in [4.78, 5) is 10.7. The van der Waals surface area contributed by atoms with Crippen LogP contribution in [0.4, 0.5) is 0 Å². The van der Waals surface area contributed by atoms with Crippen LogP contribution in [0, 0.1) is 5.92 Å². The molecule has 0 saturated heterocycles. The molecular formula is C9H23NO. The summed E-state index contributed by atoms with van der Waals surface area (Å²) >= 11 is 0. The Balaban J connectivity index is -0.000000249. The van der Waals surface area contributed by atoms with Crippen LogP contribution in [0.2, 0.25) is 0 Å². The van der Waals surface area contributed by atoms with Gasteiger partial charge in [0.2, 0.25) is 5.91 Å². The zero-order valence-electron chi connectivity index (χ0n) is 8.40. The van der Waals surface area contributed by atoms with Gasteiger partial charge in [0.05, 0.1) is 0 Å². The largest absolute Gasteiger partial charge is 0.356 e. The second-order valence-electron chi connectivity index (χ2n) is 2.55. The average molecular weight is 161 g/mol. The Morgan fingerprint density at radius 3 is 2.18 bits per heavy atom. The number of carbonyl (C=O) groups is 1. The fourth-order valence-corrected chi connectivity index (χ4v) is 0.640. The first-order chi connectivity index (χ1) is 5.16. The summed E-state index contributed by atoms with van der Waals surface area (Å²) in [5.41, 5.74) is 0. The van der Waals surface area contributed by atoms with Gasteiger partial charge in [-0.1, -0.05) is 27.7 Å². The molecule has 0 radical (unpaired) electrons. The minimum atomic E-state index is 0. The molecule has 0 rings (SSSR count). The van der Waals surface area contributed by atoms with Gasteiger partial charge in [0.15, 0.2) is 0 Å². The number of hydrogen-bond acceptors (Lipinski definition) is 1. The Morgan fingerprint density at radius 2 is 1.91 bits per heavy atom. The van der Waals surface area contributed by atoms with Gasteiger partial charge in [-0.2, -0.15) is 0 Å². The van der Waals surface area contributed by atoms with Crippen molar-refractivity contribution in [1.29, 1.82) is 0 Å². The molecule has 0 unspecified atom stereocenters. The van der Waals surface area contributed by atoms with Crippen molar-refractivity contribution in [3.8, 4) is 0 Å². The Labute approximate surface area is 71.9 Å². The third-order valence-corrected chi connectivity index (χ3v) is 0.968. The summed E-state index contributed by atoms with van der Waals surface area (Å²) < 4.78 is 0. The lowest BCUT2D eigenvalue weighted by Gasteiger charge is -2.02. The summed E-state index contributed by atoms with van der Waals surface area (Å²) in [5, 5.41) is 2.74. The van der Waals surface area contributed by atoms with Crippen molar-refractivity contribution in [3.05, 3.63) is 0 Å². The van der Waals surface area contributed by atoms with Crippen molar-refractivity contribution < 1.29 is 6.22 Å². The molecule has 0 aliphatic heterocycles. The zero-order valence-corrected chi connectivity index (χ0v) is 8.40. The highest BCUT2D eigenvalue weighted by atomic mass is 16.1. The standard InChI is InChI=1S/C7H15NO.C2H6.H2/c1-4-8-7(9)5-6(2)3;1-2;/h6H,4-5H2,1-3H3,(H,8,9);1-2H3;1H. The smallest absolute Gasteiger partial charge is 0.220 e. The fraction of sp³-hybridized carbons (Fsp3) is 0.889. The molecule has 0 heterocycles. The van der Waals surface area contributed by atoms with E-state index in [1.54, 1.807) is 0 Å². The minimum Gasteiger partial charge on any atom is -0.356 e. The number of hydrogen-bond donors (Lipinski definition) is 1. The Kier molecular flexibility index (Phi) is 11.3. The average Bonchev–Trinajstić information content (AvgIpc) is 1.91. The van der Waals surface area contributed by atoms with Crippen LogP contribution in [-0.4, -0.2) is 12.5 Å². The number of rotatable bonds is 3. The molecule has 0 aliphatic rings. The molecule has 0 fully saturated rings. The van der Waals surface area contributed by atoms with Crippen molar-refractivity contribution in [2.24, 2.45) is 5.92 Å². The van der Waals surface area contributed by atoms with Crippen molar-refractivity contribution in [2.45, 2.75) is 41.0 Å². The fourth-order valence-electron chi connectivity index (χ4n) is 0.640. The molecule has 2 nitrogen and oxygen atoms in total. The second-order valence-corrected chi connectivity index (χ2v) is 2.55. The highest BCUT2D eigenvalue weighted by Gasteiger charge is 2.00. The van der Waals surface area contributed by atoms with E-state index in [9.17, 15) is 4.79 Å². The van der Waals surface area contributed by atoms with Crippen molar-refractivity contribution in [2.75, 3.05) is 6.54 Å². The van der Waals surface area contributed by atoms with E-state index in [1.807, 2.05) is 34.6 Å². The van der Waals surface area contributed by atoms with E-state index in [4.69, 9.17) is 0 Å². The predicted octanol–water partition coefficient (Wildman–Crippen LogP) is 2.44. The molecule has 0 spiro atoms. The van der Waals surface area contributed by atoms with Gasteiger partial charge in [0, 0.05) is 14.4 Å². The first-order valence-corrected chi connectivity index (χ1v) is 4.43. The maximum Gasteiger partial charge on any atom is 0.220 e. The SMILES string of the molecule is CC.CCNC(=O)CC(C)C.[HH]. The molecule has 2 heteroatoms. The Morgan fingerprint density at radius 1 is 1.45 bits per heavy atom. The van der Waals surface area contributed by atoms with Crippen LogP contribution in [-0.2, 0) is 4.79 Å². The third-order valence-electron chi connectivity index (χ3n) is 0.968. The summed E-state index contributed by atoms with van der Waals surface area (Å²) in [6, 6.07) is 0. The molecule has 0 aromatic rings. The highest BCUT2D eigenvalue weighted by molar-refractivity contribution is 5.75. The second kappa shape index (κ2) is 9.47. The molecule has 0 saturated carbocycles. The van der Waals surface area contributed by atoms with Gasteiger partial charge in [0.1, 0.15) is 0 Å². The van der Waals surface area contributed by atoms with Crippen LogP contribution in [0.1, 0.15) is 42.5 Å². The maximum atomic E-state index is 10.7. The van der Waals surface area contributed by atoms with E-state index in [2.05, 4.69) is 5.32 Å². The van der Waals surface area contributed by atoms with Crippen LogP contribution in [0.15, 0.2) is 0 Å². The van der Waals surface area contributed by atoms with Gasteiger partial charge < -0.3 is 5.32 Å². The minimum absolute atomic E-state index is 0. The molecule has 0 aromatic heterocycles. The molecule has 0 atom stereocenters. The zero-order chi connectivity index (χ0) is 9.28. The van der Waals surface area contributed by atoms with Crippen LogP contribution in [0.3, 0.4) is 0 Å². The monoisotopic (exact) mass is 161 g/mol. The molecule has 11 heavy (non-hydrogen) atoms. The maximum absolute atomic E-state index is 10.7. The van der Waals surface area contributed by atoms with E-state index in [1.165, 1.54) is 0 Å². The van der Waals surface area contributed by atoms with Crippen LogP contribution < -0.4 is 5.32 Å². The molecular weight excluding hydrogens is 138 g/mol. The Hall–Kier alpha value is -0.530. The van der Waals surface area contributed by atoms with Crippen LogP contribution in [0.5, 0.6) is 0 Å². The van der Waals surface area contributed by atoms with Crippen molar-refractivity contribution in [1.82, 2.24) is 5.32 Å². The highest BCUT2D eigenvalue weighted by Crippen LogP contribution is 1.97. The van der Waals surface area contributed by atoms with Crippen molar-refractivity contribution >= 4 is 5.91 Å². The molecule has 1 amide bonds. The van der Waals surface area contributed by atoms with E-state index >= 15 is 0 Å². The normalized spacial score (nSPS) is 8.55. The van der Waals surface area contributed by atoms with Gasteiger partial charge in [-0.3, -0.25) is 4.79 Å². The lowest BCUT2D eigenvalue weighted by Crippen LogP contribution is -2.23. The Bertz CT molecular complexity index is 94.5. The summed E-state index contributed by atoms with van der Waals surface area (Å²) in [6.07, 6.45) is 0.647. The summed E-state index contributed by atoms with van der Waals surface area (Å²) in [7, 11) is 0. The van der Waals surface area contributed by atoms with Crippen LogP contribution in [0.25, 0.3) is 0 Å². The molecule has 0 aromatic carbocycles. The predicted molar refractivity (Wildman–Crippen MR) is 51.6 cm³/mol. The topological polar surface area (TPSA) is 29.1 Å². The van der Waals surface area contributed by atoms with Gasteiger partial charge in [-0.05, 0) is 12.8 Å². The lowest BCUT2D eigenvalue weighted by molar-refractivity contribution is -0.121. The van der Waals surface area contributed by atoms with Crippen LogP contribution >= 0.6 is 0 Å². The van der Waals surface area contributed by atoms with E-state index in [0.717, 1.165) is 6.54 Å². The van der Waals surface area contributed by atoms with Gasteiger partial charge in [0.25, 0.3) is 0 Å². The first-order valence-electron chi connectivity index (χ1n) is 4.43. The van der Waals surface area contributed by atoms with Gasteiger partial charge in [-0.15, -0.1) is 0 Å². The summed E-state index contributed by atoms with van der Waals surface area (Å²) in [6.45, 7) is 10.7. The number of carbonyl (C=O) groups excluding carboxylic acids is 1. The quantitative estimate of drug-likeness (QED) is 0.676. The number of nitrogens with one attached hydrogen (secondary N) is 1. The first kappa shape index (κ1) is 13.1. The molecule has 0 aliphatic carbocycles. The molecule has 0 bridgehead atoms. The van der Waals surface area contributed by atoms with Crippen molar-refractivity contribution in [3.63, 3.8) is 0 Å².